The van der Waals surface area contributed by atoms with Gasteiger partial charge in [-0.05, 0) is 37.5 Å². The minimum Gasteiger partial charge on any atom is -0.379 e. The molecule has 1 aromatic carbocycles. The Bertz CT molecular complexity index is 1010. The molecule has 2 aliphatic rings. The number of benzene rings is 1. The van der Waals surface area contributed by atoms with E-state index in [-0.39, 0.29) is 10.8 Å². The third-order valence-corrected chi connectivity index (χ3v) is 8.57. The first-order chi connectivity index (χ1) is 14.4. The number of aromatic nitrogens is 2. The number of amides is 1. The highest BCUT2D eigenvalue weighted by atomic mass is 32.2. The minimum absolute atomic E-state index is 0.111. The summed E-state index contributed by atoms with van der Waals surface area (Å²) in [5.41, 5.74) is 1.02. The van der Waals surface area contributed by atoms with Crippen molar-refractivity contribution in [2.45, 2.75) is 49.8 Å². The van der Waals surface area contributed by atoms with Gasteiger partial charge in [0.1, 0.15) is 5.01 Å². The van der Waals surface area contributed by atoms with Crippen LogP contribution in [0.3, 0.4) is 0 Å². The Balaban J connectivity index is 1.51. The molecule has 10 heteroatoms. The highest BCUT2D eigenvalue weighted by Gasteiger charge is 2.28. The normalized spacial score (nSPS) is 19.0. The zero-order valence-electron chi connectivity index (χ0n) is 17.0. The summed E-state index contributed by atoms with van der Waals surface area (Å²) < 4.78 is 32.5. The fraction of sp³-hybridized carbons (Fsp3) is 0.550. The van der Waals surface area contributed by atoms with Crippen molar-refractivity contribution in [3.8, 4) is 0 Å². The van der Waals surface area contributed by atoms with E-state index >= 15 is 0 Å². The number of aryl methyl sites for hydroxylation is 1. The number of carbonyl (C=O) groups is 1. The van der Waals surface area contributed by atoms with E-state index < -0.39 is 10.0 Å². The number of hydrogen-bond acceptors (Lipinski definition) is 7. The molecule has 1 aliphatic carbocycles. The molecule has 2 aromatic rings. The van der Waals surface area contributed by atoms with E-state index in [0.717, 1.165) is 17.8 Å². The summed E-state index contributed by atoms with van der Waals surface area (Å²) in [6, 6.07) is 4.65. The Hall–Kier alpha value is -1.88. The lowest BCUT2D eigenvalue weighted by Gasteiger charge is -2.26. The summed E-state index contributed by atoms with van der Waals surface area (Å²) in [5.74, 6) is 0.0449. The highest BCUT2D eigenvalue weighted by Crippen LogP contribution is 2.35. The zero-order chi connectivity index (χ0) is 21.1. The van der Waals surface area contributed by atoms with Crippen LogP contribution in [0.5, 0.6) is 0 Å². The first-order valence-electron chi connectivity index (χ1n) is 10.3. The van der Waals surface area contributed by atoms with Gasteiger partial charge in [0.05, 0.1) is 18.1 Å². The standard InChI is InChI=1S/C20H26N4O4S2/c1-14-7-8-16(30(26,27)24-9-11-28-12-10-24)13-17(14)18(25)21-20-23-22-19(29-20)15-5-3-2-4-6-15/h7-8,13,15H,2-6,9-12H2,1H3,(H,21,23,25). The molecular weight excluding hydrogens is 424 g/mol. The van der Waals surface area contributed by atoms with Gasteiger partial charge in [-0.2, -0.15) is 4.31 Å². The van der Waals surface area contributed by atoms with Gasteiger partial charge in [-0.3, -0.25) is 10.1 Å². The van der Waals surface area contributed by atoms with E-state index in [1.807, 2.05) is 0 Å². The maximum absolute atomic E-state index is 12.9. The van der Waals surface area contributed by atoms with Crippen molar-refractivity contribution < 1.29 is 17.9 Å². The molecular formula is C20H26N4O4S2. The second-order valence-corrected chi connectivity index (χ2v) is 10.7. The molecule has 0 atom stereocenters. The van der Waals surface area contributed by atoms with Crippen LogP contribution in [0.4, 0.5) is 5.13 Å². The van der Waals surface area contributed by atoms with Crippen molar-refractivity contribution >= 4 is 32.4 Å². The molecule has 1 N–H and O–H groups in total. The van der Waals surface area contributed by atoms with Crippen molar-refractivity contribution in [1.82, 2.24) is 14.5 Å². The highest BCUT2D eigenvalue weighted by molar-refractivity contribution is 7.89. The van der Waals surface area contributed by atoms with Crippen LogP contribution in [0.2, 0.25) is 0 Å². The average molecular weight is 451 g/mol. The summed E-state index contributed by atoms with van der Waals surface area (Å²) in [7, 11) is -3.67. The molecule has 2 heterocycles. The van der Waals surface area contributed by atoms with Crippen LogP contribution < -0.4 is 5.32 Å². The van der Waals surface area contributed by atoms with Gasteiger partial charge in [0, 0.05) is 24.6 Å². The van der Waals surface area contributed by atoms with E-state index in [2.05, 4.69) is 15.5 Å². The van der Waals surface area contributed by atoms with Crippen LogP contribution in [0.15, 0.2) is 23.1 Å². The first kappa shape index (κ1) is 21.4. The molecule has 1 saturated carbocycles. The number of ether oxygens (including phenoxy) is 1. The van der Waals surface area contributed by atoms with E-state index in [0.29, 0.717) is 48.5 Å². The van der Waals surface area contributed by atoms with Crippen LogP contribution >= 0.6 is 11.3 Å². The second-order valence-electron chi connectivity index (χ2n) is 7.73. The molecule has 0 bridgehead atoms. The molecule has 1 aromatic heterocycles. The van der Waals surface area contributed by atoms with Crippen molar-refractivity contribution in [2.75, 3.05) is 31.6 Å². The van der Waals surface area contributed by atoms with Gasteiger partial charge in [0.25, 0.3) is 5.91 Å². The Morgan fingerprint density at radius 3 is 2.63 bits per heavy atom. The molecule has 0 radical (unpaired) electrons. The average Bonchev–Trinajstić information content (AvgIpc) is 3.23. The van der Waals surface area contributed by atoms with Crippen LogP contribution in [-0.4, -0.2) is 55.1 Å². The predicted octanol–water partition coefficient (Wildman–Crippen LogP) is 3.17. The lowest BCUT2D eigenvalue weighted by Crippen LogP contribution is -2.40. The number of nitrogens with one attached hydrogen (secondary N) is 1. The number of morpholine rings is 1. The quantitative estimate of drug-likeness (QED) is 0.751. The van der Waals surface area contributed by atoms with Gasteiger partial charge in [0.2, 0.25) is 15.2 Å². The zero-order valence-corrected chi connectivity index (χ0v) is 18.6. The van der Waals surface area contributed by atoms with E-state index in [4.69, 9.17) is 4.74 Å². The maximum Gasteiger partial charge on any atom is 0.257 e. The Labute approximate surface area is 180 Å². The third-order valence-electron chi connectivity index (χ3n) is 5.68. The van der Waals surface area contributed by atoms with E-state index in [9.17, 15) is 13.2 Å². The summed E-state index contributed by atoms with van der Waals surface area (Å²) >= 11 is 1.41. The molecule has 4 rings (SSSR count). The van der Waals surface area contributed by atoms with Gasteiger partial charge in [-0.1, -0.05) is 36.7 Å². The third kappa shape index (κ3) is 4.56. The summed E-state index contributed by atoms with van der Waals surface area (Å²) in [6.07, 6.45) is 5.90. The molecule has 1 aliphatic heterocycles. The van der Waals surface area contributed by atoms with Crippen LogP contribution in [0, 0.1) is 6.92 Å². The summed E-state index contributed by atoms with van der Waals surface area (Å²) in [4.78, 5) is 13.0. The van der Waals surface area contributed by atoms with Crippen LogP contribution in [0.25, 0.3) is 0 Å². The van der Waals surface area contributed by atoms with Crippen LogP contribution in [-0.2, 0) is 14.8 Å². The van der Waals surface area contributed by atoms with Gasteiger partial charge in [-0.25, -0.2) is 8.42 Å². The predicted molar refractivity (Wildman–Crippen MR) is 114 cm³/mol. The molecule has 2 fully saturated rings. The molecule has 162 valence electrons. The SMILES string of the molecule is Cc1ccc(S(=O)(=O)N2CCOCC2)cc1C(=O)Nc1nnc(C2CCCCC2)s1. The largest absolute Gasteiger partial charge is 0.379 e. The van der Waals surface area contributed by atoms with Crippen LogP contribution in [0.1, 0.15) is 59.0 Å². The smallest absolute Gasteiger partial charge is 0.257 e. The van der Waals surface area contributed by atoms with Crippen molar-refractivity contribution in [1.29, 1.82) is 0 Å². The topological polar surface area (TPSA) is 101 Å². The van der Waals surface area contributed by atoms with Crippen molar-refractivity contribution in [2.24, 2.45) is 0 Å². The number of carbonyl (C=O) groups excluding carboxylic acids is 1. The molecule has 8 nitrogen and oxygen atoms in total. The molecule has 1 amide bonds. The number of anilines is 1. The maximum atomic E-state index is 12.9. The second kappa shape index (κ2) is 9.09. The number of rotatable bonds is 5. The summed E-state index contributed by atoms with van der Waals surface area (Å²) in [6.45, 7) is 3.16. The lowest BCUT2D eigenvalue weighted by molar-refractivity contribution is 0.0730. The number of nitrogens with zero attached hydrogens (tertiary/aromatic N) is 3. The fourth-order valence-corrected chi connectivity index (χ4v) is 6.25. The lowest BCUT2D eigenvalue weighted by atomic mass is 9.90. The molecule has 30 heavy (non-hydrogen) atoms. The fourth-order valence-electron chi connectivity index (χ4n) is 3.91. The van der Waals surface area contributed by atoms with E-state index in [1.54, 1.807) is 19.1 Å². The molecule has 0 unspecified atom stereocenters. The van der Waals surface area contributed by atoms with Gasteiger partial charge < -0.3 is 4.74 Å². The summed E-state index contributed by atoms with van der Waals surface area (Å²) in [5, 5.41) is 12.6. The van der Waals surface area contributed by atoms with Gasteiger partial charge in [0.15, 0.2) is 0 Å². The van der Waals surface area contributed by atoms with E-state index in [1.165, 1.54) is 41.0 Å². The number of hydrogen-bond donors (Lipinski definition) is 1. The molecule has 1 saturated heterocycles. The Morgan fingerprint density at radius 1 is 1.17 bits per heavy atom. The van der Waals surface area contributed by atoms with Crippen molar-refractivity contribution in [3.63, 3.8) is 0 Å². The Kier molecular flexibility index (Phi) is 6.47. The first-order valence-corrected chi connectivity index (χ1v) is 12.5. The minimum atomic E-state index is -3.67. The monoisotopic (exact) mass is 450 g/mol. The van der Waals surface area contributed by atoms with Crippen molar-refractivity contribution in [3.05, 3.63) is 34.3 Å². The number of sulfonamides is 1. The van der Waals surface area contributed by atoms with Gasteiger partial charge in [-0.15, -0.1) is 10.2 Å². The Morgan fingerprint density at radius 2 is 1.90 bits per heavy atom. The van der Waals surface area contributed by atoms with Gasteiger partial charge >= 0.3 is 0 Å². The molecule has 0 spiro atoms.